The van der Waals surface area contributed by atoms with Crippen LogP contribution in [0.15, 0.2) is 0 Å². The molecule has 0 aliphatic rings. The molecule has 0 radical (unpaired) electrons. The molecule has 0 spiro atoms. The molecule has 1 N–H and O–H groups in total. The summed E-state index contributed by atoms with van der Waals surface area (Å²) in [7, 11) is 3.28. The van der Waals surface area contributed by atoms with Gasteiger partial charge >= 0.3 is 0 Å². The van der Waals surface area contributed by atoms with Crippen molar-refractivity contribution in [3.8, 4) is 0 Å². The van der Waals surface area contributed by atoms with Crippen molar-refractivity contribution in [2.45, 2.75) is 25.7 Å². The molecule has 5 nitrogen and oxygen atoms in total. The van der Waals surface area contributed by atoms with E-state index in [1.54, 1.807) is 14.2 Å². The molecule has 0 atom stereocenters. The van der Waals surface area contributed by atoms with Crippen LogP contribution < -0.4 is 5.32 Å². The Hall–Kier alpha value is -0.620. The van der Waals surface area contributed by atoms with Crippen LogP contribution in [0.3, 0.4) is 0 Å². The van der Waals surface area contributed by atoms with Crippen LogP contribution in [-0.4, -0.2) is 55.9 Å². The van der Waals surface area contributed by atoms with E-state index in [4.69, 9.17) is 4.74 Å². The largest absolute Gasteiger partial charge is 0.385 e. The van der Waals surface area contributed by atoms with Crippen molar-refractivity contribution in [1.82, 2.24) is 10.2 Å². The Morgan fingerprint density at radius 1 is 1.28 bits per heavy atom. The number of ether oxygens (including phenoxy) is 1. The first kappa shape index (κ1) is 17.4. The zero-order valence-corrected chi connectivity index (χ0v) is 12.8. The Bertz CT molecular complexity index is 249. The lowest BCUT2D eigenvalue weighted by molar-refractivity contribution is -0.134. The van der Waals surface area contributed by atoms with Crippen LogP contribution in [-0.2, 0) is 14.3 Å². The van der Waals surface area contributed by atoms with Gasteiger partial charge in [0.15, 0.2) is 0 Å². The number of halogens is 1. The van der Waals surface area contributed by atoms with Crippen molar-refractivity contribution in [2.24, 2.45) is 0 Å². The summed E-state index contributed by atoms with van der Waals surface area (Å²) in [6, 6.07) is 0. The molecule has 106 valence electrons. The molecule has 0 heterocycles. The van der Waals surface area contributed by atoms with Crippen molar-refractivity contribution in [3.63, 3.8) is 0 Å². The van der Waals surface area contributed by atoms with Gasteiger partial charge in [0.25, 0.3) is 0 Å². The number of nitrogens with one attached hydrogen (secondary N) is 1. The van der Waals surface area contributed by atoms with E-state index in [9.17, 15) is 9.59 Å². The molecule has 0 bridgehead atoms. The number of rotatable bonds is 10. The zero-order chi connectivity index (χ0) is 13.8. The molecule has 0 aromatic carbocycles. The van der Waals surface area contributed by atoms with Crippen LogP contribution >= 0.6 is 15.9 Å². The van der Waals surface area contributed by atoms with Gasteiger partial charge in [0.05, 0.1) is 6.54 Å². The number of carbonyl (C=O) groups is 2. The lowest BCUT2D eigenvalue weighted by atomic mass is 10.2. The Balaban J connectivity index is 3.68. The van der Waals surface area contributed by atoms with E-state index < -0.39 is 0 Å². The highest BCUT2D eigenvalue weighted by Gasteiger charge is 2.11. The number of likely N-dealkylation sites (N-methyl/N-ethyl adjacent to an activating group) is 1. The first-order valence-corrected chi connectivity index (χ1v) is 7.29. The summed E-state index contributed by atoms with van der Waals surface area (Å²) in [6.45, 7) is 1.33. The highest BCUT2D eigenvalue weighted by molar-refractivity contribution is 9.09. The first-order chi connectivity index (χ1) is 8.61. The topological polar surface area (TPSA) is 58.6 Å². The molecule has 0 saturated carbocycles. The Morgan fingerprint density at radius 2 is 2.00 bits per heavy atom. The number of unbranched alkanes of at least 4 members (excludes halogenated alkanes) is 1. The van der Waals surface area contributed by atoms with Gasteiger partial charge in [-0.05, 0) is 19.3 Å². The monoisotopic (exact) mass is 322 g/mol. The van der Waals surface area contributed by atoms with Gasteiger partial charge in [-0.2, -0.15) is 0 Å². The van der Waals surface area contributed by atoms with Gasteiger partial charge in [-0.25, -0.2) is 0 Å². The van der Waals surface area contributed by atoms with Gasteiger partial charge < -0.3 is 15.0 Å². The number of alkyl halides is 1. The number of hydrogen-bond acceptors (Lipinski definition) is 3. The number of methoxy groups -OCH3 is 1. The lowest BCUT2D eigenvalue weighted by Gasteiger charge is -2.16. The summed E-state index contributed by atoms with van der Waals surface area (Å²) in [4.78, 5) is 24.6. The summed E-state index contributed by atoms with van der Waals surface area (Å²) in [5, 5.41) is 3.66. The van der Waals surface area contributed by atoms with E-state index in [0.717, 1.165) is 24.6 Å². The van der Waals surface area contributed by atoms with Gasteiger partial charge in [-0.3, -0.25) is 9.59 Å². The summed E-state index contributed by atoms with van der Waals surface area (Å²) in [5.74, 6) is -0.106. The number of amides is 2. The first-order valence-electron chi connectivity index (χ1n) is 6.17. The minimum atomic E-state index is -0.123. The molecule has 0 aromatic rings. The van der Waals surface area contributed by atoms with E-state index in [0.29, 0.717) is 19.6 Å². The maximum atomic E-state index is 11.6. The summed E-state index contributed by atoms with van der Waals surface area (Å²) < 4.78 is 4.88. The highest BCUT2D eigenvalue weighted by Crippen LogP contribution is 2.01. The fourth-order valence-electron chi connectivity index (χ4n) is 1.37. The number of carbonyl (C=O) groups excluding carboxylic acids is 2. The van der Waals surface area contributed by atoms with Crippen LogP contribution in [0.5, 0.6) is 0 Å². The van der Waals surface area contributed by atoms with Gasteiger partial charge in [0, 0.05) is 39.1 Å². The molecular weight excluding hydrogens is 300 g/mol. The molecule has 2 amide bonds. The fourth-order valence-corrected chi connectivity index (χ4v) is 1.76. The molecule has 0 aliphatic carbocycles. The molecule has 0 unspecified atom stereocenters. The van der Waals surface area contributed by atoms with Crippen molar-refractivity contribution in [2.75, 3.05) is 39.2 Å². The smallest absolute Gasteiger partial charge is 0.239 e. The third kappa shape index (κ3) is 9.41. The average molecular weight is 323 g/mol. The minimum absolute atomic E-state index is 0.0167. The second-order valence-electron chi connectivity index (χ2n) is 4.09. The summed E-state index contributed by atoms with van der Waals surface area (Å²) >= 11 is 3.32. The molecule has 6 heteroatoms. The van der Waals surface area contributed by atoms with Gasteiger partial charge in [-0.15, -0.1) is 0 Å². The Labute approximate surface area is 117 Å². The third-order valence-electron chi connectivity index (χ3n) is 2.43. The standard InChI is InChI=1S/C12H23BrN2O3/c1-15(12(17)6-3-4-7-13)10-11(16)14-8-5-9-18-2/h3-10H2,1-2H3,(H,14,16). The normalized spacial score (nSPS) is 10.2. The molecule has 0 aliphatic heterocycles. The van der Waals surface area contributed by atoms with Crippen LogP contribution in [0.1, 0.15) is 25.7 Å². The van der Waals surface area contributed by atoms with E-state index in [2.05, 4.69) is 21.2 Å². The summed E-state index contributed by atoms with van der Waals surface area (Å²) in [5.41, 5.74) is 0. The van der Waals surface area contributed by atoms with E-state index in [1.807, 2.05) is 0 Å². The second-order valence-corrected chi connectivity index (χ2v) is 4.89. The third-order valence-corrected chi connectivity index (χ3v) is 2.99. The fraction of sp³-hybridized carbons (Fsp3) is 0.833. The lowest BCUT2D eigenvalue weighted by Crippen LogP contribution is -2.38. The summed E-state index contributed by atoms with van der Waals surface area (Å²) in [6.07, 6.45) is 3.11. The van der Waals surface area contributed by atoms with Crippen molar-refractivity contribution < 1.29 is 14.3 Å². The van der Waals surface area contributed by atoms with Crippen LogP contribution in [0, 0.1) is 0 Å². The quantitative estimate of drug-likeness (QED) is 0.485. The van der Waals surface area contributed by atoms with Gasteiger partial charge in [0.1, 0.15) is 0 Å². The highest BCUT2D eigenvalue weighted by atomic mass is 79.9. The Morgan fingerprint density at radius 3 is 2.61 bits per heavy atom. The molecule has 0 rings (SSSR count). The maximum Gasteiger partial charge on any atom is 0.239 e. The van der Waals surface area contributed by atoms with E-state index in [1.165, 1.54) is 4.90 Å². The Kier molecular flexibility index (Phi) is 11.1. The van der Waals surface area contributed by atoms with Crippen LogP contribution in [0.4, 0.5) is 0 Å². The van der Waals surface area contributed by atoms with Crippen molar-refractivity contribution >= 4 is 27.7 Å². The minimum Gasteiger partial charge on any atom is -0.385 e. The second kappa shape index (κ2) is 11.5. The maximum absolute atomic E-state index is 11.6. The van der Waals surface area contributed by atoms with Gasteiger partial charge in [0.2, 0.25) is 11.8 Å². The van der Waals surface area contributed by atoms with E-state index >= 15 is 0 Å². The molecule has 0 aromatic heterocycles. The van der Waals surface area contributed by atoms with E-state index in [-0.39, 0.29) is 18.4 Å². The predicted molar refractivity (Wildman–Crippen MR) is 74.8 cm³/mol. The van der Waals surface area contributed by atoms with Crippen LogP contribution in [0.2, 0.25) is 0 Å². The predicted octanol–water partition coefficient (Wildman–Crippen LogP) is 1.16. The van der Waals surface area contributed by atoms with Gasteiger partial charge in [-0.1, -0.05) is 15.9 Å². The number of nitrogens with zero attached hydrogens (tertiary/aromatic N) is 1. The number of hydrogen-bond donors (Lipinski definition) is 1. The SMILES string of the molecule is COCCCNC(=O)CN(C)C(=O)CCCCBr. The molecule has 0 fully saturated rings. The molecule has 0 saturated heterocycles. The van der Waals surface area contributed by atoms with Crippen molar-refractivity contribution in [3.05, 3.63) is 0 Å². The molecule has 18 heavy (non-hydrogen) atoms. The van der Waals surface area contributed by atoms with Crippen LogP contribution in [0.25, 0.3) is 0 Å². The average Bonchev–Trinajstić information content (AvgIpc) is 2.34. The molecular formula is C12H23BrN2O3. The van der Waals surface area contributed by atoms with Crippen molar-refractivity contribution in [1.29, 1.82) is 0 Å². The zero-order valence-electron chi connectivity index (χ0n) is 11.2.